The van der Waals surface area contributed by atoms with E-state index in [-0.39, 0.29) is 18.2 Å². The number of fused-ring (bicyclic) bond motifs is 3. The molecule has 0 bridgehead atoms. The number of nitrogen functional groups attached to an aromatic ring is 2. The van der Waals surface area contributed by atoms with Crippen LogP contribution in [0.4, 0.5) is 11.8 Å². The van der Waals surface area contributed by atoms with E-state index in [2.05, 4.69) is 27.1 Å². The predicted molar refractivity (Wildman–Crippen MR) is 139 cm³/mol. The Labute approximate surface area is 211 Å². The molecule has 0 spiro atoms. The van der Waals surface area contributed by atoms with Crippen LogP contribution in [-0.4, -0.2) is 38.3 Å². The van der Waals surface area contributed by atoms with Gasteiger partial charge in [-0.05, 0) is 11.1 Å². The second-order valence-electron chi connectivity index (χ2n) is 8.77. The van der Waals surface area contributed by atoms with Crippen molar-refractivity contribution in [2.24, 2.45) is 0 Å². The number of benzene rings is 2. The van der Waals surface area contributed by atoms with E-state index < -0.39 is 6.23 Å². The second kappa shape index (κ2) is 9.82. The maximum atomic E-state index is 6.50. The van der Waals surface area contributed by atoms with Crippen molar-refractivity contribution in [2.75, 3.05) is 18.1 Å². The molecular formula is C26H26N6O3S. The summed E-state index contributed by atoms with van der Waals surface area (Å²) in [7, 11) is 0. The van der Waals surface area contributed by atoms with Gasteiger partial charge in [0.05, 0.1) is 37.0 Å². The van der Waals surface area contributed by atoms with E-state index in [4.69, 9.17) is 25.7 Å². The first-order valence-corrected chi connectivity index (χ1v) is 12.6. The minimum Gasteiger partial charge on any atom is -0.382 e. The number of rotatable bonds is 8. The molecule has 0 radical (unpaired) electrons. The van der Waals surface area contributed by atoms with Crippen LogP contribution in [0.1, 0.15) is 23.8 Å². The van der Waals surface area contributed by atoms with Crippen LogP contribution in [0, 0.1) is 0 Å². The van der Waals surface area contributed by atoms with Crippen molar-refractivity contribution in [3.63, 3.8) is 0 Å². The van der Waals surface area contributed by atoms with Gasteiger partial charge in [0.15, 0.2) is 6.23 Å². The van der Waals surface area contributed by atoms with Gasteiger partial charge in [-0.1, -0.05) is 60.7 Å². The lowest BCUT2D eigenvalue weighted by molar-refractivity contribution is -0.0801. The van der Waals surface area contributed by atoms with E-state index in [1.807, 2.05) is 53.1 Å². The van der Waals surface area contributed by atoms with Crippen LogP contribution in [0.5, 0.6) is 0 Å². The maximum absolute atomic E-state index is 6.50. The lowest BCUT2D eigenvalue weighted by Gasteiger charge is -2.21. The van der Waals surface area contributed by atoms with Crippen LogP contribution >= 0.6 is 11.3 Å². The minimum absolute atomic E-state index is 0.129. The fourth-order valence-electron chi connectivity index (χ4n) is 4.56. The van der Waals surface area contributed by atoms with Crippen molar-refractivity contribution in [2.45, 2.75) is 38.1 Å². The largest absolute Gasteiger partial charge is 0.382 e. The number of hydrogen-bond donors (Lipinski definition) is 2. The van der Waals surface area contributed by atoms with Gasteiger partial charge in [0.1, 0.15) is 27.8 Å². The first-order valence-electron chi connectivity index (χ1n) is 11.8. The van der Waals surface area contributed by atoms with Crippen molar-refractivity contribution in [3.05, 3.63) is 78.1 Å². The number of aromatic nitrogens is 4. The van der Waals surface area contributed by atoms with E-state index in [0.717, 1.165) is 26.2 Å². The summed E-state index contributed by atoms with van der Waals surface area (Å²) in [6, 6.07) is 20.2. The summed E-state index contributed by atoms with van der Waals surface area (Å²) in [6.45, 7) is 1.47. The summed E-state index contributed by atoms with van der Waals surface area (Å²) in [4.78, 5) is 14.0. The molecule has 4 N–H and O–H groups in total. The molecule has 2 aromatic carbocycles. The monoisotopic (exact) mass is 502 g/mol. The Morgan fingerprint density at radius 1 is 0.972 bits per heavy atom. The molecule has 6 rings (SSSR count). The molecule has 36 heavy (non-hydrogen) atoms. The maximum Gasteiger partial charge on any atom is 0.222 e. The minimum atomic E-state index is -0.403. The zero-order valence-electron chi connectivity index (χ0n) is 19.5. The normalized spacial score (nSPS) is 19.9. The van der Waals surface area contributed by atoms with Gasteiger partial charge in [-0.15, -0.1) is 11.3 Å². The molecule has 1 fully saturated rings. The molecule has 0 unspecified atom stereocenters. The smallest absolute Gasteiger partial charge is 0.222 e. The van der Waals surface area contributed by atoms with Crippen molar-refractivity contribution in [1.29, 1.82) is 0 Å². The standard InChI is InChI=1S/C26H26N6O3S/c27-23-22-20(30-26(28)31-23)21-24(36-22)29-15-32(21)25-19(34-13-17-9-5-2-6-10-17)11-18(35-25)14-33-12-16-7-3-1-4-8-16/h1-10,15,18-19,25H,11-14H2,(H4,27,28,30,31)/t18-,19-,25+/m0/s1. The highest BCUT2D eigenvalue weighted by molar-refractivity contribution is 7.25. The Balaban J connectivity index is 1.27. The molecule has 3 aromatic heterocycles. The van der Waals surface area contributed by atoms with Crippen LogP contribution in [0.3, 0.4) is 0 Å². The zero-order valence-corrected chi connectivity index (χ0v) is 20.3. The Bertz CT molecular complexity index is 1470. The molecule has 1 aliphatic heterocycles. The quantitative estimate of drug-likeness (QED) is 0.322. The highest BCUT2D eigenvalue weighted by atomic mass is 32.1. The van der Waals surface area contributed by atoms with Gasteiger partial charge in [0.2, 0.25) is 5.95 Å². The molecule has 3 atom stereocenters. The average Bonchev–Trinajstić information content (AvgIpc) is 3.58. The number of nitrogens with two attached hydrogens (primary N) is 2. The van der Waals surface area contributed by atoms with Gasteiger partial charge in [-0.2, -0.15) is 4.98 Å². The number of hydrogen-bond acceptors (Lipinski definition) is 9. The van der Waals surface area contributed by atoms with Crippen LogP contribution in [0.15, 0.2) is 67.0 Å². The number of thiophene rings is 1. The van der Waals surface area contributed by atoms with E-state index >= 15 is 0 Å². The Hall–Kier alpha value is -3.57. The molecule has 9 nitrogen and oxygen atoms in total. The molecule has 1 aliphatic rings. The molecule has 0 saturated carbocycles. The zero-order chi connectivity index (χ0) is 24.5. The Morgan fingerprint density at radius 2 is 1.69 bits per heavy atom. The average molecular weight is 503 g/mol. The van der Waals surface area contributed by atoms with Crippen molar-refractivity contribution in [1.82, 2.24) is 19.5 Å². The lowest BCUT2D eigenvalue weighted by Crippen LogP contribution is -2.22. The Kier molecular flexibility index (Phi) is 6.24. The van der Waals surface area contributed by atoms with E-state index in [1.54, 1.807) is 6.33 Å². The van der Waals surface area contributed by atoms with Gasteiger partial charge in [0, 0.05) is 6.42 Å². The fraction of sp³-hybridized carbons (Fsp3) is 0.269. The van der Waals surface area contributed by atoms with Crippen LogP contribution in [0.2, 0.25) is 0 Å². The summed E-state index contributed by atoms with van der Waals surface area (Å²) in [5, 5.41) is 0. The second-order valence-corrected chi connectivity index (χ2v) is 9.77. The number of imidazole rings is 1. The summed E-state index contributed by atoms with van der Waals surface area (Å²) in [5.41, 5.74) is 15.7. The first kappa shape index (κ1) is 22.9. The van der Waals surface area contributed by atoms with E-state index in [9.17, 15) is 0 Å². The molecule has 184 valence electrons. The third kappa shape index (κ3) is 4.51. The molecular weight excluding hydrogens is 476 g/mol. The van der Waals surface area contributed by atoms with Crippen LogP contribution < -0.4 is 11.5 Å². The van der Waals surface area contributed by atoms with Gasteiger partial charge in [-0.25, -0.2) is 9.97 Å². The summed E-state index contributed by atoms with van der Waals surface area (Å²) in [5.74, 6) is 0.479. The third-order valence-electron chi connectivity index (χ3n) is 6.23. The molecule has 1 saturated heterocycles. The highest BCUT2D eigenvalue weighted by Gasteiger charge is 2.39. The van der Waals surface area contributed by atoms with Gasteiger partial charge in [-0.3, -0.25) is 4.57 Å². The van der Waals surface area contributed by atoms with Crippen molar-refractivity contribution >= 4 is 43.7 Å². The molecule has 5 aromatic rings. The summed E-state index contributed by atoms with van der Waals surface area (Å²) < 4.78 is 21.6. The fourth-order valence-corrected chi connectivity index (χ4v) is 5.54. The van der Waals surface area contributed by atoms with E-state index in [1.165, 1.54) is 11.3 Å². The van der Waals surface area contributed by atoms with Crippen LogP contribution in [0.25, 0.3) is 20.6 Å². The lowest BCUT2D eigenvalue weighted by atomic mass is 10.2. The SMILES string of the molecule is Nc1nc(N)c2sc3ncn([C@@H]4O[C@H](COCc5ccccc5)C[C@@H]4OCc4ccccc4)c3c2n1. The summed E-state index contributed by atoms with van der Waals surface area (Å²) in [6.07, 6.45) is 1.71. The van der Waals surface area contributed by atoms with Gasteiger partial charge < -0.3 is 25.7 Å². The molecule has 10 heteroatoms. The molecule has 0 amide bonds. The third-order valence-corrected chi connectivity index (χ3v) is 7.33. The topological polar surface area (TPSA) is 123 Å². The Morgan fingerprint density at radius 3 is 2.44 bits per heavy atom. The van der Waals surface area contributed by atoms with E-state index in [0.29, 0.717) is 37.6 Å². The van der Waals surface area contributed by atoms with Crippen LogP contribution in [-0.2, 0) is 27.4 Å². The highest BCUT2D eigenvalue weighted by Crippen LogP contribution is 2.40. The summed E-state index contributed by atoms with van der Waals surface area (Å²) >= 11 is 1.44. The van der Waals surface area contributed by atoms with Crippen molar-refractivity contribution < 1.29 is 14.2 Å². The number of ether oxygens (including phenoxy) is 3. The number of anilines is 2. The molecule has 4 heterocycles. The van der Waals surface area contributed by atoms with Gasteiger partial charge in [0.25, 0.3) is 0 Å². The number of nitrogens with zero attached hydrogens (tertiary/aromatic N) is 4. The first-order chi connectivity index (χ1) is 17.7. The van der Waals surface area contributed by atoms with Gasteiger partial charge >= 0.3 is 0 Å². The van der Waals surface area contributed by atoms with Crippen molar-refractivity contribution in [3.8, 4) is 0 Å². The predicted octanol–water partition coefficient (Wildman–Crippen LogP) is 4.30. The molecule has 0 aliphatic carbocycles.